The number of halogens is 1. The van der Waals surface area contributed by atoms with E-state index in [0.29, 0.717) is 5.88 Å². The van der Waals surface area contributed by atoms with Gasteiger partial charge in [0, 0.05) is 5.88 Å². The highest BCUT2D eigenvalue weighted by molar-refractivity contribution is 6.17. The van der Waals surface area contributed by atoms with Gasteiger partial charge in [-0.1, -0.05) is 6.08 Å². The maximum absolute atomic E-state index is 8.92. The number of unbranched alkanes of at least 4 members (excludes halogenated alkanes) is 1. The Balaban J connectivity index is 2.96. The Hall–Kier alpha value is -0.0100. The van der Waals surface area contributed by atoms with Crippen molar-refractivity contribution in [3.05, 3.63) is 12.7 Å². The van der Waals surface area contributed by atoms with Crippen LogP contribution < -0.4 is 0 Å². The summed E-state index contributed by atoms with van der Waals surface area (Å²) in [6.07, 6.45) is 3.96. The van der Waals surface area contributed by atoms with Crippen molar-refractivity contribution in [1.29, 1.82) is 0 Å². The smallest absolute Gasteiger partial charge is 0.0718 e. The molecule has 0 aromatic rings. The van der Waals surface area contributed by atoms with E-state index in [1.807, 2.05) is 0 Å². The van der Waals surface area contributed by atoms with Gasteiger partial charge < -0.3 is 5.11 Å². The molecule has 1 N–H and O–H groups in total. The summed E-state index contributed by atoms with van der Waals surface area (Å²) in [6.45, 7) is 3.46. The Bertz CT molecular complexity index is 73.3. The van der Waals surface area contributed by atoms with E-state index in [0.717, 1.165) is 19.3 Å². The largest absolute Gasteiger partial charge is 0.389 e. The fourth-order valence-corrected chi connectivity index (χ4v) is 0.755. The molecule has 54 valence electrons. The Morgan fingerprint density at radius 2 is 2.22 bits per heavy atom. The predicted octanol–water partition coefficient (Wildman–Crippen LogP) is 1.94. The fourth-order valence-electron chi connectivity index (χ4n) is 0.566. The lowest BCUT2D eigenvalue weighted by Crippen LogP contribution is -2.00. The lowest BCUT2D eigenvalue weighted by molar-refractivity contribution is 0.209. The number of hydrogen-bond donors (Lipinski definition) is 1. The van der Waals surface area contributed by atoms with Crippen molar-refractivity contribution in [2.24, 2.45) is 0 Å². The lowest BCUT2D eigenvalue weighted by atomic mass is 10.2. The average molecular weight is 149 g/mol. The molecule has 1 atom stereocenters. The normalized spacial score (nSPS) is 13.1. The molecule has 0 radical (unpaired) electrons. The molecule has 0 bridgehead atoms. The zero-order valence-electron chi connectivity index (χ0n) is 5.52. The topological polar surface area (TPSA) is 20.2 Å². The number of aliphatic hydroxyl groups is 1. The molecule has 0 amide bonds. The Labute approximate surface area is 61.3 Å². The van der Waals surface area contributed by atoms with Crippen molar-refractivity contribution in [2.45, 2.75) is 25.4 Å². The minimum atomic E-state index is -0.340. The number of alkyl halides is 1. The summed E-state index contributed by atoms with van der Waals surface area (Å²) in [4.78, 5) is 0. The first-order valence-corrected chi connectivity index (χ1v) is 3.71. The molecule has 0 saturated heterocycles. The summed E-state index contributed by atoms with van der Waals surface area (Å²) < 4.78 is 0. The predicted molar refractivity (Wildman–Crippen MR) is 40.8 cm³/mol. The van der Waals surface area contributed by atoms with Crippen molar-refractivity contribution in [2.75, 3.05) is 5.88 Å². The minimum Gasteiger partial charge on any atom is -0.389 e. The molecule has 0 saturated carbocycles. The van der Waals surface area contributed by atoms with Crippen LogP contribution in [-0.4, -0.2) is 17.1 Å². The Morgan fingerprint density at radius 3 is 2.67 bits per heavy atom. The van der Waals surface area contributed by atoms with E-state index in [9.17, 15) is 0 Å². The molecule has 9 heavy (non-hydrogen) atoms. The van der Waals surface area contributed by atoms with Crippen LogP contribution in [0.15, 0.2) is 12.7 Å². The molecule has 0 aliphatic carbocycles. The highest BCUT2D eigenvalue weighted by Crippen LogP contribution is 2.01. The highest BCUT2D eigenvalue weighted by atomic mass is 35.5. The fraction of sp³-hybridized carbons (Fsp3) is 0.714. The number of rotatable bonds is 5. The van der Waals surface area contributed by atoms with Crippen molar-refractivity contribution in [1.82, 2.24) is 0 Å². The quantitative estimate of drug-likeness (QED) is 0.359. The van der Waals surface area contributed by atoms with Gasteiger partial charge >= 0.3 is 0 Å². The molecule has 0 aromatic carbocycles. The van der Waals surface area contributed by atoms with Crippen molar-refractivity contribution in [3.8, 4) is 0 Å². The zero-order chi connectivity index (χ0) is 7.11. The third-order valence-electron chi connectivity index (χ3n) is 1.16. The standard InChI is InChI=1S/C7H13ClO/c1-2-7(9)5-3-4-6-8/h2,7,9H,1,3-6H2. The Kier molecular flexibility index (Phi) is 6.11. The van der Waals surface area contributed by atoms with Crippen molar-refractivity contribution >= 4 is 11.6 Å². The first-order valence-electron chi connectivity index (χ1n) is 3.18. The van der Waals surface area contributed by atoms with Crippen LogP contribution in [0.1, 0.15) is 19.3 Å². The summed E-state index contributed by atoms with van der Waals surface area (Å²) in [7, 11) is 0. The second-order valence-corrected chi connectivity index (χ2v) is 2.37. The maximum atomic E-state index is 8.92. The summed E-state index contributed by atoms with van der Waals surface area (Å²) in [5.41, 5.74) is 0. The molecule has 0 aromatic heterocycles. The lowest BCUT2D eigenvalue weighted by Gasteiger charge is -2.01. The Morgan fingerprint density at radius 1 is 1.56 bits per heavy atom. The first-order chi connectivity index (χ1) is 4.31. The van der Waals surface area contributed by atoms with Gasteiger partial charge in [-0.15, -0.1) is 18.2 Å². The van der Waals surface area contributed by atoms with Crippen LogP contribution in [0.3, 0.4) is 0 Å². The molecule has 0 heterocycles. The van der Waals surface area contributed by atoms with Gasteiger partial charge in [-0.3, -0.25) is 0 Å². The SMILES string of the molecule is C=CC(O)CCCCCl. The third-order valence-corrected chi connectivity index (χ3v) is 1.42. The van der Waals surface area contributed by atoms with Gasteiger partial charge in [0.05, 0.1) is 6.10 Å². The maximum Gasteiger partial charge on any atom is 0.0718 e. The highest BCUT2D eigenvalue weighted by Gasteiger charge is 1.95. The molecular weight excluding hydrogens is 136 g/mol. The number of aliphatic hydroxyl groups excluding tert-OH is 1. The van der Waals surface area contributed by atoms with Gasteiger partial charge in [0.1, 0.15) is 0 Å². The van der Waals surface area contributed by atoms with E-state index in [-0.39, 0.29) is 6.10 Å². The molecule has 1 unspecified atom stereocenters. The van der Waals surface area contributed by atoms with Crippen LogP contribution in [-0.2, 0) is 0 Å². The summed E-state index contributed by atoms with van der Waals surface area (Å²) in [6, 6.07) is 0. The number of hydrogen-bond acceptors (Lipinski definition) is 1. The molecule has 2 heteroatoms. The summed E-state index contributed by atoms with van der Waals surface area (Å²) >= 11 is 5.42. The van der Waals surface area contributed by atoms with Crippen LogP contribution in [0, 0.1) is 0 Å². The van der Waals surface area contributed by atoms with Gasteiger partial charge in [0.25, 0.3) is 0 Å². The first kappa shape index (κ1) is 8.99. The average Bonchev–Trinajstić information content (AvgIpc) is 1.89. The van der Waals surface area contributed by atoms with Crippen molar-refractivity contribution in [3.63, 3.8) is 0 Å². The second kappa shape index (κ2) is 6.12. The third kappa shape index (κ3) is 5.87. The van der Waals surface area contributed by atoms with Crippen LogP contribution in [0.2, 0.25) is 0 Å². The molecular formula is C7H13ClO. The van der Waals surface area contributed by atoms with E-state index in [1.54, 1.807) is 6.08 Å². The molecule has 0 aliphatic rings. The minimum absolute atomic E-state index is 0.340. The second-order valence-electron chi connectivity index (χ2n) is 1.99. The molecule has 0 fully saturated rings. The van der Waals surface area contributed by atoms with E-state index in [4.69, 9.17) is 16.7 Å². The van der Waals surface area contributed by atoms with Gasteiger partial charge in [-0.25, -0.2) is 0 Å². The van der Waals surface area contributed by atoms with E-state index >= 15 is 0 Å². The molecule has 0 aliphatic heterocycles. The van der Waals surface area contributed by atoms with Gasteiger partial charge in [-0.05, 0) is 19.3 Å². The zero-order valence-corrected chi connectivity index (χ0v) is 6.27. The van der Waals surface area contributed by atoms with Crippen LogP contribution in [0.5, 0.6) is 0 Å². The van der Waals surface area contributed by atoms with E-state index in [2.05, 4.69) is 6.58 Å². The van der Waals surface area contributed by atoms with E-state index < -0.39 is 0 Å². The summed E-state index contributed by atoms with van der Waals surface area (Å²) in [5.74, 6) is 0.684. The van der Waals surface area contributed by atoms with Crippen LogP contribution in [0.4, 0.5) is 0 Å². The van der Waals surface area contributed by atoms with Crippen LogP contribution in [0.25, 0.3) is 0 Å². The van der Waals surface area contributed by atoms with Crippen LogP contribution >= 0.6 is 11.6 Å². The summed E-state index contributed by atoms with van der Waals surface area (Å²) in [5, 5.41) is 8.92. The van der Waals surface area contributed by atoms with Gasteiger partial charge in [-0.2, -0.15) is 0 Å². The molecule has 0 rings (SSSR count). The van der Waals surface area contributed by atoms with Gasteiger partial charge in [0.2, 0.25) is 0 Å². The van der Waals surface area contributed by atoms with Gasteiger partial charge in [0.15, 0.2) is 0 Å². The van der Waals surface area contributed by atoms with Crippen molar-refractivity contribution < 1.29 is 5.11 Å². The monoisotopic (exact) mass is 148 g/mol. The molecule has 0 spiro atoms. The molecule has 1 nitrogen and oxygen atoms in total. The van der Waals surface area contributed by atoms with E-state index in [1.165, 1.54) is 0 Å².